The monoisotopic (exact) mass is 191 g/mol. The summed E-state index contributed by atoms with van der Waals surface area (Å²) in [5, 5.41) is 0. The third kappa shape index (κ3) is 3.00. The fourth-order valence-electron chi connectivity index (χ4n) is 1.31. The zero-order valence-electron chi connectivity index (χ0n) is 8.40. The third-order valence-corrected chi connectivity index (χ3v) is 2.09. The van der Waals surface area contributed by atoms with Crippen LogP contribution < -0.4 is 0 Å². The molecule has 0 heterocycles. The van der Waals surface area contributed by atoms with E-state index in [9.17, 15) is 0 Å². The van der Waals surface area contributed by atoms with Crippen molar-refractivity contribution in [2.75, 3.05) is 0 Å². The molecule has 0 heteroatoms. The molecule has 0 saturated heterocycles. The summed E-state index contributed by atoms with van der Waals surface area (Å²) in [5.74, 6) is 6.28. The van der Waals surface area contributed by atoms with E-state index in [-0.39, 0.29) is 0 Å². The molecule has 0 bridgehead atoms. The van der Waals surface area contributed by atoms with Crippen LogP contribution in [0.4, 0.5) is 0 Å². The van der Waals surface area contributed by atoms with Crippen LogP contribution in [0.25, 0.3) is 0 Å². The first kappa shape index (κ1) is 9.55. The molecule has 0 fully saturated rings. The van der Waals surface area contributed by atoms with E-state index in [2.05, 4.69) is 30.0 Å². The van der Waals surface area contributed by atoms with E-state index < -0.39 is 0 Å². The lowest BCUT2D eigenvalue weighted by Gasteiger charge is -1.91. The second kappa shape index (κ2) is 5.02. The van der Waals surface area contributed by atoms with Gasteiger partial charge in [-0.25, -0.2) is 0 Å². The molecule has 0 saturated carbocycles. The summed E-state index contributed by atoms with van der Waals surface area (Å²) in [6.07, 6.45) is 0.805. The van der Waals surface area contributed by atoms with Crippen LogP contribution in [0.1, 0.15) is 11.1 Å². The highest BCUT2D eigenvalue weighted by Crippen LogP contribution is 1.99. The molecule has 2 aromatic carbocycles. The van der Waals surface area contributed by atoms with Gasteiger partial charge in [0.2, 0.25) is 0 Å². The van der Waals surface area contributed by atoms with E-state index in [1.165, 1.54) is 5.56 Å². The van der Waals surface area contributed by atoms with Gasteiger partial charge in [-0.05, 0) is 23.8 Å². The number of benzene rings is 2. The normalized spacial score (nSPS) is 9.07. The lowest BCUT2D eigenvalue weighted by atomic mass is 10.1. The molecule has 0 atom stereocenters. The van der Waals surface area contributed by atoms with Gasteiger partial charge in [-0.2, -0.15) is 0 Å². The summed E-state index contributed by atoms with van der Waals surface area (Å²) in [6, 6.07) is 20.9. The predicted octanol–water partition coefficient (Wildman–Crippen LogP) is 3.08. The molecule has 15 heavy (non-hydrogen) atoms. The lowest BCUT2D eigenvalue weighted by molar-refractivity contribution is 1.32. The Kier molecular flexibility index (Phi) is 3.20. The van der Waals surface area contributed by atoms with E-state index in [4.69, 9.17) is 0 Å². The van der Waals surface area contributed by atoms with Gasteiger partial charge >= 0.3 is 0 Å². The van der Waals surface area contributed by atoms with Crippen molar-refractivity contribution in [2.45, 2.75) is 6.42 Å². The van der Waals surface area contributed by atoms with E-state index >= 15 is 0 Å². The Hall–Kier alpha value is -2.00. The first-order valence-corrected chi connectivity index (χ1v) is 4.94. The van der Waals surface area contributed by atoms with Crippen LogP contribution in [0.5, 0.6) is 0 Å². The summed E-state index contributed by atoms with van der Waals surface area (Å²) in [6.45, 7) is 0. The minimum Gasteiger partial charge on any atom is -0.0931 e. The molecule has 2 aromatic rings. The molecule has 71 valence electrons. The summed E-state index contributed by atoms with van der Waals surface area (Å²) < 4.78 is 0. The topological polar surface area (TPSA) is 0 Å². The van der Waals surface area contributed by atoms with Crippen LogP contribution in [-0.2, 0) is 6.42 Å². The van der Waals surface area contributed by atoms with Crippen molar-refractivity contribution in [1.82, 2.24) is 0 Å². The molecular weight excluding hydrogens is 180 g/mol. The van der Waals surface area contributed by atoms with Crippen LogP contribution in [0.2, 0.25) is 0 Å². The third-order valence-electron chi connectivity index (χ3n) is 2.09. The van der Waals surface area contributed by atoms with E-state index in [1.807, 2.05) is 42.5 Å². The Morgan fingerprint density at radius 2 is 1.67 bits per heavy atom. The van der Waals surface area contributed by atoms with Gasteiger partial charge in [-0.3, -0.25) is 0 Å². The van der Waals surface area contributed by atoms with Crippen LogP contribution in [0.15, 0.2) is 54.6 Å². The number of rotatable bonds is 1. The highest BCUT2D eigenvalue weighted by molar-refractivity contribution is 5.34. The fraction of sp³-hybridized carbons (Fsp3) is 0.0667. The second-order valence-electron chi connectivity index (χ2n) is 3.25. The largest absolute Gasteiger partial charge is 0.0931 e. The van der Waals surface area contributed by atoms with Gasteiger partial charge in [0.25, 0.3) is 0 Å². The van der Waals surface area contributed by atoms with Crippen LogP contribution >= 0.6 is 0 Å². The van der Waals surface area contributed by atoms with Crippen LogP contribution in [0.3, 0.4) is 0 Å². The lowest BCUT2D eigenvalue weighted by Crippen LogP contribution is -1.79. The van der Waals surface area contributed by atoms with E-state index in [0.717, 1.165) is 12.0 Å². The molecular formula is C15H11. The first-order valence-electron chi connectivity index (χ1n) is 4.94. The summed E-state index contributed by atoms with van der Waals surface area (Å²) in [5.41, 5.74) is 2.30. The van der Waals surface area contributed by atoms with E-state index in [1.54, 1.807) is 0 Å². The van der Waals surface area contributed by atoms with Gasteiger partial charge in [0.15, 0.2) is 0 Å². The molecule has 0 spiro atoms. The molecule has 0 aliphatic carbocycles. The minimum atomic E-state index is 0.805. The van der Waals surface area contributed by atoms with Crippen molar-refractivity contribution in [3.8, 4) is 11.8 Å². The fourth-order valence-corrected chi connectivity index (χ4v) is 1.31. The number of hydrogen-bond donors (Lipinski definition) is 0. The Balaban J connectivity index is 2.03. The zero-order chi connectivity index (χ0) is 10.3. The van der Waals surface area contributed by atoms with Crippen molar-refractivity contribution >= 4 is 0 Å². The minimum absolute atomic E-state index is 0.805. The van der Waals surface area contributed by atoms with Crippen LogP contribution in [0, 0.1) is 17.9 Å². The Morgan fingerprint density at radius 1 is 0.933 bits per heavy atom. The average molecular weight is 191 g/mol. The van der Waals surface area contributed by atoms with E-state index in [0.29, 0.717) is 0 Å². The maximum atomic E-state index is 3.15. The van der Waals surface area contributed by atoms with Gasteiger partial charge in [0.05, 0.1) is 0 Å². The van der Waals surface area contributed by atoms with Crippen molar-refractivity contribution in [2.24, 2.45) is 0 Å². The number of hydrogen-bond acceptors (Lipinski definition) is 0. The standard InChI is InChI=1S/C15H11/c1-3-8-14(9-4-1)12-7-13-15-10-5-2-6-11-15/h1,3-6,8-11H,12H2. The molecule has 0 aliphatic rings. The molecule has 2 rings (SSSR count). The molecule has 0 N–H and O–H groups in total. The van der Waals surface area contributed by atoms with Crippen LogP contribution in [-0.4, -0.2) is 0 Å². The molecule has 0 aromatic heterocycles. The Bertz CT molecular complexity index is 458. The second-order valence-corrected chi connectivity index (χ2v) is 3.25. The maximum Gasteiger partial charge on any atom is 0.0344 e. The molecule has 0 aliphatic heterocycles. The maximum absolute atomic E-state index is 3.15. The van der Waals surface area contributed by atoms with Gasteiger partial charge < -0.3 is 0 Å². The quantitative estimate of drug-likeness (QED) is 0.608. The Morgan fingerprint density at radius 3 is 2.40 bits per heavy atom. The Labute approximate surface area is 90.6 Å². The van der Waals surface area contributed by atoms with Crippen molar-refractivity contribution in [3.63, 3.8) is 0 Å². The highest BCUT2D eigenvalue weighted by Gasteiger charge is 1.85. The first-order chi connectivity index (χ1) is 7.45. The van der Waals surface area contributed by atoms with Crippen molar-refractivity contribution in [1.29, 1.82) is 0 Å². The van der Waals surface area contributed by atoms with Gasteiger partial charge in [0, 0.05) is 12.0 Å². The highest BCUT2D eigenvalue weighted by atomic mass is 13.9. The van der Waals surface area contributed by atoms with Gasteiger partial charge in [-0.1, -0.05) is 54.3 Å². The smallest absolute Gasteiger partial charge is 0.0344 e. The van der Waals surface area contributed by atoms with Gasteiger partial charge in [-0.15, -0.1) is 0 Å². The van der Waals surface area contributed by atoms with Gasteiger partial charge in [0.1, 0.15) is 0 Å². The summed E-state index contributed by atoms with van der Waals surface area (Å²) >= 11 is 0. The van der Waals surface area contributed by atoms with Crippen molar-refractivity contribution in [3.05, 3.63) is 71.8 Å². The molecule has 0 amide bonds. The summed E-state index contributed by atoms with van der Waals surface area (Å²) in [4.78, 5) is 0. The molecule has 1 radical (unpaired) electrons. The van der Waals surface area contributed by atoms with Crippen molar-refractivity contribution < 1.29 is 0 Å². The molecule has 0 unspecified atom stereocenters. The predicted molar refractivity (Wildman–Crippen MR) is 62.3 cm³/mol. The molecule has 0 nitrogen and oxygen atoms in total. The zero-order valence-corrected chi connectivity index (χ0v) is 8.40. The average Bonchev–Trinajstić information content (AvgIpc) is 2.32. The summed E-state index contributed by atoms with van der Waals surface area (Å²) in [7, 11) is 0. The SMILES string of the molecule is C(#Cc1cc[c]cc1)Cc1ccccc1.